The first kappa shape index (κ1) is 18.2. The molecule has 1 aromatic carbocycles. The van der Waals surface area contributed by atoms with Gasteiger partial charge in [0.05, 0.1) is 20.7 Å². The second-order valence-electron chi connectivity index (χ2n) is 6.34. The van der Waals surface area contributed by atoms with Crippen molar-refractivity contribution in [1.82, 2.24) is 0 Å². The fraction of sp³-hybridized carbons (Fsp3) is 0.579. The summed E-state index contributed by atoms with van der Waals surface area (Å²) in [5.41, 5.74) is 0. The number of rotatable bonds is 6. The van der Waals surface area contributed by atoms with Crippen molar-refractivity contribution in [2.75, 3.05) is 7.05 Å². The highest BCUT2D eigenvalue weighted by Crippen LogP contribution is 2.34. The Balaban J connectivity index is 2.26. The van der Waals surface area contributed by atoms with Gasteiger partial charge in [0, 0.05) is 18.4 Å². The Morgan fingerprint density at radius 2 is 1.91 bits per heavy atom. The monoisotopic (exact) mass is 335 g/mol. The summed E-state index contributed by atoms with van der Waals surface area (Å²) in [7, 11) is -0.945. The van der Waals surface area contributed by atoms with E-state index in [1.54, 1.807) is 12.5 Å². The molecule has 1 aliphatic carbocycles. The standard InChI is InChI=1S/C19H29NO2S/c1-3-19(21)18(16-10-6-4-7-11-16)14-15-23(22,20-2)17-12-8-5-9-13-17/h5,8-9,12-16,18-19,21H,3-4,6-7,10-11H2,1-2H3/b15-14-/t18-,19+,23?/m1/s1. The average molecular weight is 336 g/mol. The molecule has 1 aliphatic rings. The van der Waals surface area contributed by atoms with E-state index < -0.39 is 9.73 Å². The van der Waals surface area contributed by atoms with Gasteiger partial charge >= 0.3 is 0 Å². The summed E-state index contributed by atoms with van der Waals surface area (Å²) in [4.78, 5) is 0.729. The Morgan fingerprint density at radius 1 is 1.26 bits per heavy atom. The van der Waals surface area contributed by atoms with Crippen molar-refractivity contribution < 1.29 is 9.32 Å². The van der Waals surface area contributed by atoms with Crippen LogP contribution in [0.4, 0.5) is 0 Å². The van der Waals surface area contributed by atoms with Crippen LogP contribution >= 0.6 is 0 Å². The zero-order valence-electron chi connectivity index (χ0n) is 14.2. The van der Waals surface area contributed by atoms with Crippen LogP contribution < -0.4 is 0 Å². The lowest BCUT2D eigenvalue weighted by Gasteiger charge is -2.31. The van der Waals surface area contributed by atoms with Crippen LogP contribution in [0.2, 0.25) is 0 Å². The van der Waals surface area contributed by atoms with Gasteiger partial charge in [-0.3, -0.25) is 0 Å². The number of aliphatic hydroxyl groups is 1. The second kappa shape index (κ2) is 8.65. The van der Waals surface area contributed by atoms with E-state index >= 15 is 0 Å². The average Bonchev–Trinajstić information content (AvgIpc) is 2.63. The van der Waals surface area contributed by atoms with Gasteiger partial charge in [-0.05, 0) is 37.3 Å². The van der Waals surface area contributed by atoms with Crippen molar-refractivity contribution in [3.63, 3.8) is 0 Å². The zero-order valence-corrected chi connectivity index (χ0v) is 15.0. The smallest absolute Gasteiger partial charge is 0.0963 e. The molecule has 0 spiro atoms. The van der Waals surface area contributed by atoms with Crippen LogP contribution in [0.1, 0.15) is 45.4 Å². The molecule has 0 aliphatic heterocycles. The van der Waals surface area contributed by atoms with Crippen LogP contribution in [0.3, 0.4) is 0 Å². The molecule has 0 radical (unpaired) electrons. The molecular formula is C19H29NO2S. The minimum absolute atomic E-state index is 0.0755. The number of aliphatic hydroxyl groups excluding tert-OH is 1. The van der Waals surface area contributed by atoms with Gasteiger partial charge in [-0.15, -0.1) is 0 Å². The molecule has 0 saturated heterocycles. The number of nitrogens with zero attached hydrogens (tertiary/aromatic N) is 1. The lowest BCUT2D eigenvalue weighted by atomic mass is 9.77. The Hall–Kier alpha value is -1.13. The Labute approximate surface area is 141 Å². The minimum Gasteiger partial charge on any atom is -0.393 e. The van der Waals surface area contributed by atoms with Crippen LogP contribution in [-0.4, -0.2) is 22.5 Å². The van der Waals surface area contributed by atoms with Crippen molar-refractivity contribution in [2.45, 2.75) is 56.4 Å². The Morgan fingerprint density at radius 3 is 2.48 bits per heavy atom. The molecule has 128 valence electrons. The predicted molar refractivity (Wildman–Crippen MR) is 96.7 cm³/mol. The minimum atomic E-state index is -2.55. The second-order valence-corrected chi connectivity index (χ2v) is 8.59. The van der Waals surface area contributed by atoms with Gasteiger partial charge in [0.15, 0.2) is 0 Å². The first-order valence-corrected chi connectivity index (χ1v) is 10.2. The number of benzene rings is 1. The molecule has 0 amide bonds. The maximum absolute atomic E-state index is 13.1. The molecule has 0 bridgehead atoms. The van der Waals surface area contributed by atoms with E-state index in [4.69, 9.17) is 0 Å². The molecular weight excluding hydrogens is 306 g/mol. The van der Waals surface area contributed by atoms with E-state index in [0.29, 0.717) is 5.92 Å². The third-order valence-electron chi connectivity index (χ3n) is 4.89. The summed E-state index contributed by atoms with van der Waals surface area (Å²) in [6.07, 6.45) is 8.40. The van der Waals surface area contributed by atoms with E-state index in [2.05, 4.69) is 4.36 Å². The van der Waals surface area contributed by atoms with Gasteiger partial charge in [-0.1, -0.05) is 50.5 Å². The summed E-state index contributed by atoms with van der Waals surface area (Å²) in [6.45, 7) is 2.01. The first-order chi connectivity index (χ1) is 11.1. The van der Waals surface area contributed by atoms with Crippen LogP contribution in [0.15, 0.2) is 51.1 Å². The van der Waals surface area contributed by atoms with Crippen LogP contribution in [0.25, 0.3) is 0 Å². The molecule has 23 heavy (non-hydrogen) atoms. The molecule has 3 nitrogen and oxygen atoms in total. The Bertz CT molecular complexity index is 612. The summed E-state index contributed by atoms with van der Waals surface area (Å²) in [5, 5.41) is 12.2. The maximum atomic E-state index is 13.1. The van der Waals surface area contributed by atoms with Crippen LogP contribution in [-0.2, 0) is 9.73 Å². The molecule has 1 saturated carbocycles. The molecule has 3 atom stereocenters. The third-order valence-corrected chi connectivity index (χ3v) is 6.91. The van der Waals surface area contributed by atoms with Gasteiger partial charge in [-0.2, -0.15) is 0 Å². The summed E-state index contributed by atoms with van der Waals surface area (Å²) < 4.78 is 17.3. The normalized spacial score (nSPS) is 21.7. The van der Waals surface area contributed by atoms with E-state index in [9.17, 15) is 9.32 Å². The fourth-order valence-electron chi connectivity index (χ4n) is 3.45. The van der Waals surface area contributed by atoms with Crippen molar-refractivity contribution >= 4 is 9.73 Å². The SMILES string of the molecule is CC[C@H](O)[C@H](/C=C\S(=O)(=NC)c1ccccc1)C1CCCCC1. The largest absolute Gasteiger partial charge is 0.393 e. The first-order valence-electron chi connectivity index (χ1n) is 8.67. The van der Waals surface area contributed by atoms with E-state index in [1.165, 1.54) is 19.3 Å². The lowest BCUT2D eigenvalue weighted by molar-refractivity contribution is 0.0819. The van der Waals surface area contributed by atoms with Crippen LogP contribution in [0, 0.1) is 11.8 Å². The molecule has 0 aromatic heterocycles. The quantitative estimate of drug-likeness (QED) is 0.824. The highest BCUT2D eigenvalue weighted by Gasteiger charge is 2.27. The van der Waals surface area contributed by atoms with Gasteiger partial charge in [-0.25, -0.2) is 8.57 Å². The predicted octanol–water partition coefficient (Wildman–Crippen LogP) is 4.62. The van der Waals surface area contributed by atoms with Crippen molar-refractivity contribution in [1.29, 1.82) is 0 Å². The summed E-state index contributed by atoms with van der Waals surface area (Å²) in [6, 6.07) is 9.38. The zero-order chi connectivity index (χ0) is 16.7. The summed E-state index contributed by atoms with van der Waals surface area (Å²) >= 11 is 0. The van der Waals surface area contributed by atoms with Crippen molar-refractivity contribution in [3.8, 4) is 0 Å². The molecule has 1 fully saturated rings. The highest BCUT2D eigenvalue weighted by atomic mass is 32.2. The van der Waals surface area contributed by atoms with E-state index in [0.717, 1.165) is 24.2 Å². The van der Waals surface area contributed by atoms with Gasteiger partial charge in [0.2, 0.25) is 0 Å². The van der Waals surface area contributed by atoms with E-state index in [-0.39, 0.29) is 12.0 Å². The maximum Gasteiger partial charge on any atom is 0.0963 e. The van der Waals surface area contributed by atoms with Gasteiger partial charge in [0.1, 0.15) is 0 Å². The molecule has 1 N–H and O–H groups in total. The Kier molecular flexibility index (Phi) is 6.85. The topological polar surface area (TPSA) is 49.7 Å². The number of hydrogen-bond donors (Lipinski definition) is 1. The van der Waals surface area contributed by atoms with Gasteiger partial charge in [0.25, 0.3) is 0 Å². The molecule has 0 heterocycles. The third kappa shape index (κ3) is 4.67. The van der Waals surface area contributed by atoms with Gasteiger partial charge < -0.3 is 5.11 Å². The lowest BCUT2D eigenvalue weighted by Crippen LogP contribution is -2.27. The molecule has 1 aromatic rings. The summed E-state index contributed by atoms with van der Waals surface area (Å²) in [5.74, 6) is 0.567. The molecule has 2 rings (SSSR count). The number of hydrogen-bond acceptors (Lipinski definition) is 3. The van der Waals surface area contributed by atoms with Crippen molar-refractivity contribution in [2.24, 2.45) is 16.2 Å². The highest BCUT2D eigenvalue weighted by molar-refractivity contribution is 7.96. The molecule has 1 unspecified atom stereocenters. The van der Waals surface area contributed by atoms with Crippen LogP contribution in [0.5, 0.6) is 0 Å². The fourth-order valence-corrected chi connectivity index (χ4v) is 4.88. The van der Waals surface area contributed by atoms with E-state index in [1.807, 2.05) is 43.3 Å². The van der Waals surface area contributed by atoms with Crippen molar-refractivity contribution in [3.05, 3.63) is 41.8 Å². The molecule has 4 heteroatoms.